The van der Waals surface area contributed by atoms with E-state index in [0.29, 0.717) is 5.02 Å². The van der Waals surface area contributed by atoms with Crippen LogP contribution in [0.2, 0.25) is 5.02 Å². The van der Waals surface area contributed by atoms with Gasteiger partial charge in [0.15, 0.2) is 0 Å². The molecule has 0 N–H and O–H groups in total. The molecule has 0 atom stereocenters. The monoisotopic (exact) mass is 277 g/mol. The predicted octanol–water partition coefficient (Wildman–Crippen LogP) is 4.97. The molecule has 96 valence electrons. The molecule has 20 heavy (non-hydrogen) atoms. The number of nitrogens with zero attached hydrogens (tertiary/aromatic N) is 1. The van der Waals surface area contributed by atoms with Gasteiger partial charge in [0, 0.05) is 18.0 Å². The first-order chi connectivity index (χ1) is 9.83. The number of halogens is 1. The third-order valence-electron chi connectivity index (χ3n) is 3.87. The fraction of sp³-hybridized carbons (Fsp3) is 0.0556. The molecule has 1 nitrogen and oxygen atoms in total. The van der Waals surface area contributed by atoms with Gasteiger partial charge < -0.3 is 0 Å². The van der Waals surface area contributed by atoms with E-state index in [1.807, 2.05) is 12.3 Å². The molecule has 0 bridgehead atoms. The van der Waals surface area contributed by atoms with Crippen LogP contribution < -0.4 is 0 Å². The fourth-order valence-electron chi connectivity index (χ4n) is 2.99. The van der Waals surface area contributed by atoms with Crippen LogP contribution in [0.5, 0.6) is 0 Å². The average molecular weight is 278 g/mol. The summed E-state index contributed by atoms with van der Waals surface area (Å²) in [6, 6.07) is 17.0. The standard InChI is InChI=1S/C18H12ClN/c19-14-8-13(10-20-11-14)16-6-3-7-17-15-5-2-1-4-12(15)9-18(16)17/h1-8,10-11H,9H2. The molecule has 0 fully saturated rings. The number of benzene rings is 2. The Hall–Kier alpha value is -2.12. The summed E-state index contributed by atoms with van der Waals surface area (Å²) in [7, 11) is 0. The summed E-state index contributed by atoms with van der Waals surface area (Å²) in [5.41, 5.74) is 7.76. The van der Waals surface area contributed by atoms with Crippen LogP contribution in [0.4, 0.5) is 0 Å². The van der Waals surface area contributed by atoms with Gasteiger partial charge in [0.05, 0.1) is 5.02 Å². The van der Waals surface area contributed by atoms with Gasteiger partial charge in [-0.25, -0.2) is 0 Å². The van der Waals surface area contributed by atoms with E-state index in [9.17, 15) is 0 Å². The van der Waals surface area contributed by atoms with Crippen LogP contribution in [0.1, 0.15) is 11.1 Å². The first-order valence-corrected chi connectivity index (χ1v) is 7.02. The lowest BCUT2D eigenvalue weighted by Gasteiger charge is -2.08. The van der Waals surface area contributed by atoms with Crippen molar-refractivity contribution in [3.05, 3.63) is 77.1 Å². The van der Waals surface area contributed by atoms with Crippen LogP contribution in [0.15, 0.2) is 60.9 Å². The highest BCUT2D eigenvalue weighted by atomic mass is 35.5. The van der Waals surface area contributed by atoms with Gasteiger partial charge in [0.1, 0.15) is 0 Å². The zero-order valence-electron chi connectivity index (χ0n) is 10.8. The highest BCUT2D eigenvalue weighted by Gasteiger charge is 2.20. The van der Waals surface area contributed by atoms with E-state index < -0.39 is 0 Å². The van der Waals surface area contributed by atoms with E-state index in [4.69, 9.17) is 11.6 Å². The zero-order valence-corrected chi connectivity index (χ0v) is 11.6. The fourth-order valence-corrected chi connectivity index (χ4v) is 3.16. The highest BCUT2D eigenvalue weighted by molar-refractivity contribution is 6.30. The summed E-state index contributed by atoms with van der Waals surface area (Å²) >= 11 is 6.07. The summed E-state index contributed by atoms with van der Waals surface area (Å²) < 4.78 is 0. The summed E-state index contributed by atoms with van der Waals surface area (Å²) in [4.78, 5) is 4.20. The molecule has 2 heteroatoms. The molecule has 0 radical (unpaired) electrons. The second kappa shape index (κ2) is 4.46. The lowest BCUT2D eigenvalue weighted by atomic mass is 9.97. The van der Waals surface area contributed by atoms with Gasteiger partial charge >= 0.3 is 0 Å². The molecule has 3 aromatic rings. The average Bonchev–Trinajstić information content (AvgIpc) is 2.86. The van der Waals surface area contributed by atoms with E-state index in [0.717, 1.165) is 12.0 Å². The van der Waals surface area contributed by atoms with Gasteiger partial charge in [0.25, 0.3) is 0 Å². The maximum absolute atomic E-state index is 6.07. The van der Waals surface area contributed by atoms with Crippen molar-refractivity contribution >= 4 is 11.6 Å². The maximum atomic E-state index is 6.07. The van der Waals surface area contributed by atoms with Crippen molar-refractivity contribution in [3.63, 3.8) is 0 Å². The number of aromatic nitrogens is 1. The molecule has 0 saturated carbocycles. The maximum Gasteiger partial charge on any atom is 0.0595 e. The Kier molecular flexibility index (Phi) is 2.61. The Morgan fingerprint density at radius 1 is 0.850 bits per heavy atom. The van der Waals surface area contributed by atoms with Crippen LogP contribution in [-0.4, -0.2) is 4.98 Å². The number of pyridine rings is 1. The van der Waals surface area contributed by atoms with E-state index >= 15 is 0 Å². The second-order valence-electron chi connectivity index (χ2n) is 5.06. The normalized spacial score (nSPS) is 12.1. The van der Waals surface area contributed by atoms with Crippen molar-refractivity contribution in [1.82, 2.24) is 4.98 Å². The van der Waals surface area contributed by atoms with Crippen LogP contribution in [0.3, 0.4) is 0 Å². The van der Waals surface area contributed by atoms with Gasteiger partial charge in [-0.05, 0) is 40.3 Å². The topological polar surface area (TPSA) is 12.9 Å². The van der Waals surface area contributed by atoms with Crippen molar-refractivity contribution in [3.8, 4) is 22.3 Å². The molecule has 0 spiro atoms. The summed E-state index contributed by atoms with van der Waals surface area (Å²) in [5.74, 6) is 0. The molecule has 1 heterocycles. The molecule has 0 amide bonds. The molecule has 0 aliphatic heterocycles. The van der Waals surface area contributed by atoms with Crippen molar-refractivity contribution in [2.45, 2.75) is 6.42 Å². The SMILES string of the molecule is Clc1cncc(-c2cccc3c2Cc2ccccc2-3)c1. The Labute approximate surface area is 122 Å². The van der Waals surface area contributed by atoms with Crippen LogP contribution in [0.25, 0.3) is 22.3 Å². The Morgan fingerprint density at radius 2 is 1.65 bits per heavy atom. The summed E-state index contributed by atoms with van der Waals surface area (Å²) in [5, 5.41) is 0.676. The number of hydrogen-bond acceptors (Lipinski definition) is 1. The molecule has 0 unspecified atom stereocenters. The van der Waals surface area contributed by atoms with Crippen molar-refractivity contribution in [1.29, 1.82) is 0 Å². The van der Waals surface area contributed by atoms with Crippen LogP contribution >= 0.6 is 11.6 Å². The van der Waals surface area contributed by atoms with Gasteiger partial charge in [0.2, 0.25) is 0 Å². The summed E-state index contributed by atoms with van der Waals surface area (Å²) in [6.07, 6.45) is 4.53. The van der Waals surface area contributed by atoms with Crippen LogP contribution in [-0.2, 0) is 6.42 Å². The van der Waals surface area contributed by atoms with Crippen LogP contribution in [0, 0.1) is 0 Å². The molecular formula is C18H12ClN. The Morgan fingerprint density at radius 3 is 2.55 bits per heavy atom. The van der Waals surface area contributed by atoms with Crippen molar-refractivity contribution in [2.24, 2.45) is 0 Å². The zero-order chi connectivity index (χ0) is 13.5. The van der Waals surface area contributed by atoms with Gasteiger partial charge in [-0.3, -0.25) is 4.98 Å². The third kappa shape index (κ3) is 1.75. The Balaban J connectivity index is 1.94. The van der Waals surface area contributed by atoms with Gasteiger partial charge in [-0.1, -0.05) is 54.1 Å². The molecule has 1 aliphatic carbocycles. The smallest absolute Gasteiger partial charge is 0.0595 e. The minimum absolute atomic E-state index is 0.676. The molecule has 1 aliphatic rings. The van der Waals surface area contributed by atoms with E-state index in [1.54, 1.807) is 6.20 Å². The Bertz CT molecular complexity index is 808. The quantitative estimate of drug-likeness (QED) is 0.478. The molecular weight excluding hydrogens is 266 g/mol. The molecule has 0 saturated heterocycles. The highest BCUT2D eigenvalue weighted by Crippen LogP contribution is 2.41. The number of hydrogen-bond donors (Lipinski definition) is 0. The summed E-state index contributed by atoms with van der Waals surface area (Å²) in [6.45, 7) is 0. The predicted molar refractivity (Wildman–Crippen MR) is 82.9 cm³/mol. The first kappa shape index (κ1) is 11.7. The minimum atomic E-state index is 0.676. The van der Waals surface area contributed by atoms with Crippen molar-refractivity contribution < 1.29 is 0 Å². The van der Waals surface area contributed by atoms with E-state index in [1.165, 1.54) is 27.8 Å². The molecule has 2 aromatic carbocycles. The number of fused-ring (bicyclic) bond motifs is 3. The van der Waals surface area contributed by atoms with Crippen molar-refractivity contribution in [2.75, 3.05) is 0 Å². The molecule has 4 rings (SSSR count). The second-order valence-corrected chi connectivity index (χ2v) is 5.49. The number of rotatable bonds is 1. The lowest BCUT2D eigenvalue weighted by molar-refractivity contribution is 1.25. The first-order valence-electron chi connectivity index (χ1n) is 6.64. The largest absolute Gasteiger partial charge is 0.263 e. The van der Waals surface area contributed by atoms with Gasteiger partial charge in [-0.2, -0.15) is 0 Å². The minimum Gasteiger partial charge on any atom is -0.263 e. The lowest BCUT2D eigenvalue weighted by Crippen LogP contribution is -1.88. The third-order valence-corrected chi connectivity index (χ3v) is 4.07. The molecule has 1 aromatic heterocycles. The van der Waals surface area contributed by atoms with E-state index in [2.05, 4.69) is 47.4 Å². The van der Waals surface area contributed by atoms with Gasteiger partial charge in [-0.15, -0.1) is 0 Å². The van der Waals surface area contributed by atoms with E-state index in [-0.39, 0.29) is 0 Å².